The summed E-state index contributed by atoms with van der Waals surface area (Å²) in [6.07, 6.45) is 3.94. The third kappa shape index (κ3) is 2.71. The number of ether oxygens (including phenoxy) is 1. The molecule has 4 rings (SSSR count). The van der Waals surface area contributed by atoms with Crippen LogP contribution in [0.25, 0.3) is 0 Å². The largest absolute Gasteiger partial charge is 0.368 e. The zero-order chi connectivity index (χ0) is 16.9. The molecule has 2 aliphatic heterocycles. The first-order valence-electron chi connectivity index (χ1n) is 9.03. The fraction of sp³-hybridized carbons (Fsp3) is 0.882. The van der Waals surface area contributed by atoms with Crippen LogP contribution in [0.4, 0.5) is 4.39 Å². The highest BCUT2D eigenvalue weighted by Gasteiger charge is 2.57. The molecule has 24 heavy (non-hydrogen) atoms. The average Bonchev–Trinajstić information content (AvgIpc) is 3.32. The normalized spacial score (nSPS) is 31.2. The minimum atomic E-state index is -1.63. The number of rotatable bonds is 4. The minimum absolute atomic E-state index is 0.0186. The molecule has 7 heteroatoms. The van der Waals surface area contributed by atoms with E-state index in [1.807, 2.05) is 0 Å². The standard InChI is InChI=1S/C17H26FN3O3/c1-19-14(22)13-8-24-16(9-20(13)7-12-3-4-12)10-21(11-16)15(23)17(18)5-2-6-17/h12-13H,2-11H2,1H3,(H,19,22)/t13-/m1/s1. The number of nitrogens with one attached hydrogen (secondary N) is 1. The molecular formula is C17H26FN3O3. The number of morpholine rings is 1. The predicted molar refractivity (Wildman–Crippen MR) is 85.1 cm³/mol. The lowest BCUT2D eigenvalue weighted by Gasteiger charge is -2.56. The SMILES string of the molecule is CNC(=O)[C@H]1COC2(CN(C(=O)C3(F)CCC3)C2)CN1CC1CC1. The van der Waals surface area contributed by atoms with Crippen molar-refractivity contribution in [1.29, 1.82) is 0 Å². The van der Waals surface area contributed by atoms with Gasteiger partial charge in [0.1, 0.15) is 11.6 Å². The summed E-state index contributed by atoms with van der Waals surface area (Å²) in [5, 5.41) is 2.71. The van der Waals surface area contributed by atoms with Crippen LogP contribution >= 0.6 is 0 Å². The fourth-order valence-corrected chi connectivity index (χ4v) is 4.09. The second-order valence-electron chi connectivity index (χ2n) is 7.98. The molecule has 4 fully saturated rings. The number of halogens is 1. The number of carbonyl (C=O) groups excluding carboxylic acids is 2. The van der Waals surface area contributed by atoms with E-state index in [-0.39, 0.29) is 17.9 Å². The van der Waals surface area contributed by atoms with Gasteiger partial charge in [-0.05, 0) is 38.0 Å². The fourth-order valence-electron chi connectivity index (χ4n) is 4.09. The molecule has 2 heterocycles. The van der Waals surface area contributed by atoms with Crippen molar-refractivity contribution in [2.24, 2.45) is 5.92 Å². The minimum Gasteiger partial charge on any atom is -0.368 e. The summed E-state index contributed by atoms with van der Waals surface area (Å²) in [4.78, 5) is 28.2. The second-order valence-corrected chi connectivity index (χ2v) is 7.98. The van der Waals surface area contributed by atoms with E-state index in [1.165, 1.54) is 12.8 Å². The first-order valence-corrected chi connectivity index (χ1v) is 9.03. The highest BCUT2D eigenvalue weighted by molar-refractivity contribution is 5.87. The molecule has 0 radical (unpaired) electrons. The van der Waals surface area contributed by atoms with Crippen LogP contribution in [0.3, 0.4) is 0 Å². The van der Waals surface area contributed by atoms with Gasteiger partial charge in [0.25, 0.3) is 5.91 Å². The highest BCUT2D eigenvalue weighted by Crippen LogP contribution is 2.41. The molecule has 134 valence electrons. The maximum Gasteiger partial charge on any atom is 0.260 e. The van der Waals surface area contributed by atoms with Gasteiger partial charge in [0.2, 0.25) is 5.91 Å². The van der Waals surface area contributed by atoms with Crippen LogP contribution in [-0.4, -0.2) is 78.8 Å². The van der Waals surface area contributed by atoms with E-state index in [0.717, 1.165) is 13.0 Å². The van der Waals surface area contributed by atoms with Crippen molar-refractivity contribution in [2.75, 3.05) is 39.8 Å². The van der Waals surface area contributed by atoms with Gasteiger partial charge >= 0.3 is 0 Å². The summed E-state index contributed by atoms with van der Waals surface area (Å²) in [5.41, 5.74) is -2.05. The molecule has 1 spiro atoms. The quantitative estimate of drug-likeness (QED) is 0.801. The Hall–Kier alpha value is -1.21. The molecule has 1 atom stereocenters. The van der Waals surface area contributed by atoms with Crippen molar-refractivity contribution < 1.29 is 18.7 Å². The van der Waals surface area contributed by atoms with Crippen LogP contribution in [0.2, 0.25) is 0 Å². The van der Waals surface area contributed by atoms with E-state index >= 15 is 0 Å². The summed E-state index contributed by atoms with van der Waals surface area (Å²) in [6, 6.07) is -0.259. The molecule has 0 aromatic rings. The van der Waals surface area contributed by atoms with E-state index in [0.29, 0.717) is 45.0 Å². The molecule has 2 amide bonds. The predicted octanol–water partition coefficient (Wildman–Crippen LogP) is 0.316. The number of carbonyl (C=O) groups is 2. The van der Waals surface area contributed by atoms with Crippen molar-refractivity contribution in [2.45, 2.75) is 49.4 Å². The smallest absolute Gasteiger partial charge is 0.260 e. The molecule has 0 aromatic heterocycles. The molecule has 2 aliphatic carbocycles. The lowest BCUT2D eigenvalue weighted by Crippen LogP contribution is -2.75. The Morgan fingerprint density at radius 2 is 1.96 bits per heavy atom. The molecular weight excluding hydrogens is 313 g/mol. The molecule has 0 unspecified atom stereocenters. The average molecular weight is 339 g/mol. The molecule has 1 N–H and O–H groups in total. The molecule has 6 nitrogen and oxygen atoms in total. The van der Waals surface area contributed by atoms with E-state index in [9.17, 15) is 14.0 Å². The number of amides is 2. The van der Waals surface area contributed by atoms with Crippen LogP contribution in [-0.2, 0) is 14.3 Å². The summed E-state index contributed by atoms with van der Waals surface area (Å²) in [6.45, 7) is 2.78. The van der Waals surface area contributed by atoms with Gasteiger partial charge in [-0.1, -0.05) is 0 Å². The van der Waals surface area contributed by atoms with Crippen molar-refractivity contribution in [1.82, 2.24) is 15.1 Å². The van der Waals surface area contributed by atoms with E-state index in [4.69, 9.17) is 4.74 Å². The van der Waals surface area contributed by atoms with E-state index in [1.54, 1.807) is 11.9 Å². The topological polar surface area (TPSA) is 61.9 Å². The number of likely N-dealkylation sites (N-methyl/N-ethyl adjacent to an activating group) is 1. The molecule has 4 aliphatic rings. The number of hydrogen-bond donors (Lipinski definition) is 1. The molecule has 2 saturated carbocycles. The van der Waals surface area contributed by atoms with Crippen molar-refractivity contribution in [3.63, 3.8) is 0 Å². The third-order valence-corrected chi connectivity index (χ3v) is 5.99. The van der Waals surface area contributed by atoms with E-state index < -0.39 is 11.3 Å². The monoisotopic (exact) mass is 339 g/mol. The van der Waals surface area contributed by atoms with Crippen LogP contribution in [0, 0.1) is 5.92 Å². The Bertz CT molecular complexity index is 541. The number of hydrogen-bond acceptors (Lipinski definition) is 4. The van der Waals surface area contributed by atoms with Crippen molar-refractivity contribution >= 4 is 11.8 Å². The number of nitrogens with zero attached hydrogens (tertiary/aromatic N) is 2. The van der Waals surface area contributed by atoms with E-state index in [2.05, 4.69) is 10.2 Å². The summed E-state index contributed by atoms with van der Waals surface area (Å²) in [5.74, 6) is 0.286. The van der Waals surface area contributed by atoms with Crippen LogP contribution in [0.5, 0.6) is 0 Å². The Balaban J connectivity index is 1.39. The van der Waals surface area contributed by atoms with Crippen LogP contribution in [0.1, 0.15) is 32.1 Å². The first-order chi connectivity index (χ1) is 11.4. The number of alkyl halides is 1. The van der Waals surface area contributed by atoms with Gasteiger partial charge in [-0.2, -0.15) is 0 Å². The van der Waals surface area contributed by atoms with Gasteiger partial charge in [0.05, 0.1) is 19.7 Å². The number of likely N-dealkylation sites (tertiary alicyclic amines) is 1. The van der Waals surface area contributed by atoms with Gasteiger partial charge in [0.15, 0.2) is 5.67 Å². The lowest BCUT2D eigenvalue weighted by atomic mass is 9.79. The van der Waals surface area contributed by atoms with Crippen LogP contribution < -0.4 is 5.32 Å². The van der Waals surface area contributed by atoms with Crippen molar-refractivity contribution in [3.05, 3.63) is 0 Å². The molecule has 2 saturated heterocycles. The van der Waals surface area contributed by atoms with Gasteiger partial charge in [0, 0.05) is 20.1 Å². The Labute approximate surface area is 141 Å². The first kappa shape index (κ1) is 16.3. The van der Waals surface area contributed by atoms with Gasteiger partial charge in [-0.15, -0.1) is 0 Å². The van der Waals surface area contributed by atoms with Gasteiger partial charge in [-0.3, -0.25) is 14.5 Å². The summed E-state index contributed by atoms with van der Waals surface area (Å²) in [7, 11) is 1.64. The maximum absolute atomic E-state index is 14.3. The third-order valence-electron chi connectivity index (χ3n) is 5.99. The van der Waals surface area contributed by atoms with Gasteiger partial charge < -0.3 is 15.0 Å². The van der Waals surface area contributed by atoms with Gasteiger partial charge in [-0.25, -0.2) is 4.39 Å². The summed E-state index contributed by atoms with van der Waals surface area (Å²) < 4.78 is 20.3. The zero-order valence-corrected chi connectivity index (χ0v) is 14.2. The lowest BCUT2D eigenvalue weighted by molar-refractivity contribution is -0.211. The van der Waals surface area contributed by atoms with Crippen LogP contribution in [0.15, 0.2) is 0 Å². The Morgan fingerprint density at radius 3 is 2.50 bits per heavy atom. The molecule has 0 aromatic carbocycles. The van der Waals surface area contributed by atoms with Crippen molar-refractivity contribution in [3.8, 4) is 0 Å². The maximum atomic E-state index is 14.3. The Morgan fingerprint density at radius 1 is 1.25 bits per heavy atom. The summed E-state index contributed by atoms with van der Waals surface area (Å²) >= 11 is 0. The zero-order valence-electron chi connectivity index (χ0n) is 14.2. The Kier molecular flexibility index (Phi) is 3.84. The molecule has 0 bridgehead atoms. The highest BCUT2D eigenvalue weighted by atomic mass is 19.1. The second kappa shape index (κ2) is 5.66.